The van der Waals surface area contributed by atoms with Crippen molar-refractivity contribution in [1.82, 2.24) is 4.90 Å². The molecule has 3 heteroatoms. The zero-order valence-electron chi connectivity index (χ0n) is 11.5. The van der Waals surface area contributed by atoms with Gasteiger partial charge in [0.05, 0.1) is 0 Å². The number of rotatable bonds is 3. The van der Waals surface area contributed by atoms with Crippen LogP contribution in [0.4, 0.5) is 0 Å². The largest absolute Gasteiger partial charge is 0.381 e. The van der Waals surface area contributed by atoms with Crippen LogP contribution in [-0.4, -0.2) is 43.3 Å². The molecule has 0 bridgehead atoms. The highest BCUT2D eigenvalue weighted by Crippen LogP contribution is 2.29. The molecule has 1 fully saturated rings. The molecular formula is C13H28N2O. The lowest BCUT2D eigenvalue weighted by Crippen LogP contribution is -2.56. The van der Waals surface area contributed by atoms with Gasteiger partial charge in [-0.25, -0.2) is 0 Å². The van der Waals surface area contributed by atoms with Crippen molar-refractivity contribution in [3.8, 4) is 0 Å². The van der Waals surface area contributed by atoms with Gasteiger partial charge in [-0.05, 0) is 32.2 Å². The quantitative estimate of drug-likeness (QED) is 0.801. The molecule has 1 rings (SSSR count). The Morgan fingerprint density at radius 1 is 1.25 bits per heavy atom. The maximum absolute atomic E-state index is 6.16. The lowest BCUT2D eigenvalue weighted by molar-refractivity contribution is -0.000392. The summed E-state index contributed by atoms with van der Waals surface area (Å²) in [4.78, 5) is 2.48. The van der Waals surface area contributed by atoms with Crippen molar-refractivity contribution in [2.75, 3.05) is 20.3 Å². The van der Waals surface area contributed by atoms with Gasteiger partial charge >= 0.3 is 0 Å². The van der Waals surface area contributed by atoms with Crippen LogP contribution in [-0.2, 0) is 4.74 Å². The second-order valence-electron chi connectivity index (χ2n) is 6.18. The Balaban J connectivity index is 2.70. The molecule has 1 heterocycles. The van der Waals surface area contributed by atoms with Crippen LogP contribution in [0.15, 0.2) is 0 Å². The minimum absolute atomic E-state index is 0.202. The Kier molecular flexibility index (Phi) is 4.77. The number of hydrogen-bond acceptors (Lipinski definition) is 3. The maximum atomic E-state index is 6.16. The first-order valence-corrected chi connectivity index (χ1v) is 6.39. The summed E-state index contributed by atoms with van der Waals surface area (Å²) in [6.07, 6.45) is 2.27. The Bertz CT molecular complexity index is 204. The van der Waals surface area contributed by atoms with Crippen molar-refractivity contribution in [3.05, 3.63) is 0 Å². The summed E-state index contributed by atoms with van der Waals surface area (Å²) in [6.45, 7) is 10.7. The van der Waals surface area contributed by atoms with Gasteiger partial charge in [-0.15, -0.1) is 0 Å². The summed E-state index contributed by atoms with van der Waals surface area (Å²) in [6, 6.07) is 1.26. The van der Waals surface area contributed by atoms with E-state index in [9.17, 15) is 0 Å². The Morgan fingerprint density at radius 3 is 2.12 bits per heavy atom. The zero-order valence-corrected chi connectivity index (χ0v) is 11.5. The molecule has 16 heavy (non-hydrogen) atoms. The molecule has 0 saturated carbocycles. The van der Waals surface area contributed by atoms with E-state index in [0.717, 1.165) is 26.1 Å². The molecule has 1 aliphatic heterocycles. The molecule has 2 unspecified atom stereocenters. The van der Waals surface area contributed by atoms with Gasteiger partial charge in [-0.1, -0.05) is 20.8 Å². The lowest BCUT2D eigenvalue weighted by Gasteiger charge is -2.45. The summed E-state index contributed by atoms with van der Waals surface area (Å²) < 4.78 is 5.42. The number of nitrogens with two attached hydrogens (primary N) is 1. The zero-order chi connectivity index (χ0) is 12.3. The van der Waals surface area contributed by atoms with Gasteiger partial charge < -0.3 is 10.5 Å². The monoisotopic (exact) mass is 228 g/mol. The van der Waals surface area contributed by atoms with Crippen LogP contribution in [0.1, 0.15) is 40.5 Å². The predicted octanol–water partition coefficient (Wildman–Crippen LogP) is 1.86. The average Bonchev–Trinajstić information content (AvgIpc) is 2.16. The van der Waals surface area contributed by atoms with E-state index in [0.29, 0.717) is 12.1 Å². The second-order valence-corrected chi connectivity index (χ2v) is 6.18. The molecule has 1 saturated heterocycles. The molecule has 3 nitrogen and oxygen atoms in total. The fourth-order valence-corrected chi connectivity index (χ4v) is 3.09. The second kappa shape index (κ2) is 5.48. The summed E-state index contributed by atoms with van der Waals surface area (Å²) in [5.74, 6) is 0. The molecular weight excluding hydrogens is 200 g/mol. The molecule has 1 aliphatic rings. The van der Waals surface area contributed by atoms with Crippen molar-refractivity contribution < 1.29 is 4.74 Å². The first-order chi connectivity index (χ1) is 7.34. The van der Waals surface area contributed by atoms with Gasteiger partial charge in [-0.3, -0.25) is 4.90 Å². The molecule has 2 atom stereocenters. The van der Waals surface area contributed by atoms with Crippen LogP contribution in [0.3, 0.4) is 0 Å². The van der Waals surface area contributed by atoms with Crippen molar-refractivity contribution >= 4 is 0 Å². The molecule has 0 aromatic carbocycles. The number of ether oxygens (including phenoxy) is 1. The Hall–Kier alpha value is -0.120. The van der Waals surface area contributed by atoms with Crippen LogP contribution in [0.5, 0.6) is 0 Å². The highest BCUT2D eigenvalue weighted by Gasteiger charge is 2.35. The highest BCUT2D eigenvalue weighted by atomic mass is 16.5. The molecule has 2 N–H and O–H groups in total. The third kappa shape index (κ3) is 3.44. The minimum atomic E-state index is 0.202. The van der Waals surface area contributed by atoms with Crippen molar-refractivity contribution in [3.63, 3.8) is 0 Å². The number of nitrogens with zero attached hydrogens (tertiary/aromatic N) is 1. The van der Waals surface area contributed by atoms with Gasteiger partial charge in [0.15, 0.2) is 0 Å². The highest BCUT2D eigenvalue weighted by molar-refractivity contribution is 4.91. The summed E-state index contributed by atoms with van der Waals surface area (Å²) >= 11 is 0. The Morgan fingerprint density at radius 2 is 1.75 bits per heavy atom. The predicted molar refractivity (Wildman–Crippen MR) is 68.5 cm³/mol. The van der Waals surface area contributed by atoms with Crippen LogP contribution < -0.4 is 5.73 Å². The average molecular weight is 228 g/mol. The van der Waals surface area contributed by atoms with Crippen LogP contribution in [0.25, 0.3) is 0 Å². The summed E-state index contributed by atoms with van der Waals surface area (Å²) in [7, 11) is 2.22. The van der Waals surface area contributed by atoms with Crippen molar-refractivity contribution in [2.45, 2.75) is 58.7 Å². The van der Waals surface area contributed by atoms with E-state index in [1.807, 2.05) is 0 Å². The normalized spacial score (nSPS) is 23.4. The lowest BCUT2D eigenvalue weighted by atomic mass is 9.81. The van der Waals surface area contributed by atoms with E-state index < -0.39 is 0 Å². The molecule has 0 spiro atoms. The van der Waals surface area contributed by atoms with Crippen molar-refractivity contribution in [1.29, 1.82) is 0 Å². The smallest absolute Gasteiger partial charge is 0.0480 e. The van der Waals surface area contributed by atoms with E-state index in [1.165, 1.54) is 0 Å². The van der Waals surface area contributed by atoms with Gasteiger partial charge in [0.25, 0.3) is 0 Å². The number of hydrogen-bond donors (Lipinski definition) is 1. The standard InChI is InChI=1S/C13H28N2O/c1-10(14)12(13(2,3)4)15(5)11-6-8-16-9-7-11/h10-12H,6-9,14H2,1-5H3. The molecule has 0 radical (unpaired) electrons. The third-order valence-electron chi connectivity index (χ3n) is 3.59. The third-order valence-corrected chi connectivity index (χ3v) is 3.59. The Labute approximate surface area is 100 Å². The van der Waals surface area contributed by atoms with Crippen LogP contribution in [0, 0.1) is 5.41 Å². The van der Waals surface area contributed by atoms with E-state index in [4.69, 9.17) is 10.5 Å². The molecule has 0 aromatic heterocycles. The van der Waals surface area contributed by atoms with E-state index in [2.05, 4.69) is 39.6 Å². The van der Waals surface area contributed by atoms with Gasteiger partial charge in [0.1, 0.15) is 0 Å². The summed E-state index contributed by atoms with van der Waals surface area (Å²) in [5.41, 5.74) is 6.38. The van der Waals surface area contributed by atoms with Gasteiger partial charge in [0.2, 0.25) is 0 Å². The fourth-order valence-electron chi connectivity index (χ4n) is 3.09. The van der Waals surface area contributed by atoms with E-state index in [1.54, 1.807) is 0 Å². The fraction of sp³-hybridized carbons (Fsp3) is 1.00. The van der Waals surface area contributed by atoms with E-state index in [-0.39, 0.29) is 11.5 Å². The van der Waals surface area contributed by atoms with Crippen LogP contribution >= 0.6 is 0 Å². The van der Waals surface area contributed by atoms with Crippen LogP contribution in [0.2, 0.25) is 0 Å². The maximum Gasteiger partial charge on any atom is 0.0480 e. The molecule has 0 aromatic rings. The minimum Gasteiger partial charge on any atom is -0.381 e. The van der Waals surface area contributed by atoms with Gasteiger partial charge in [-0.2, -0.15) is 0 Å². The molecule has 0 aliphatic carbocycles. The SMILES string of the molecule is CC(N)C(N(C)C1CCOCC1)C(C)(C)C. The van der Waals surface area contributed by atoms with Crippen molar-refractivity contribution in [2.24, 2.45) is 11.1 Å². The first kappa shape index (κ1) is 13.9. The van der Waals surface area contributed by atoms with E-state index >= 15 is 0 Å². The number of likely N-dealkylation sites (N-methyl/N-ethyl adjacent to an activating group) is 1. The summed E-state index contributed by atoms with van der Waals surface area (Å²) in [5, 5.41) is 0. The molecule has 0 amide bonds. The first-order valence-electron chi connectivity index (χ1n) is 6.39. The topological polar surface area (TPSA) is 38.5 Å². The molecule has 96 valence electrons. The van der Waals surface area contributed by atoms with Gasteiger partial charge in [0, 0.05) is 31.3 Å².